The fraction of sp³-hybridized carbons (Fsp3) is 0.833. The van der Waals surface area contributed by atoms with Gasteiger partial charge in [-0.3, -0.25) is 0 Å². The van der Waals surface area contributed by atoms with Gasteiger partial charge in [0.2, 0.25) is 5.89 Å². The van der Waals surface area contributed by atoms with E-state index in [9.17, 15) is 0 Å². The summed E-state index contributed by atoms with van der Waals surface area (Å²) in [5, 5.41) is 7.54. The number of nitrogens with one attached hydrogen (secondary N) is 1. The highest BCUT2D eigenvalue weighted by Crippen LogP contribution is 2.62. The molecule has 2 saturated carbocycles. The summed E-state index contributed by atoms with van der Waals surface area (Å²) in [6.45, 7) is 2.29. The van der Waals surface area contributed by atoms with Gasteiger partial charge in [0, 0.05) is 18.9 Å². The van der Waals surface area contributed by atoms with Gasteiger partial charge >= 0.3 is 0 Å². The predicted molar refractivity (Wildman–Crippen MR) is 58.0 cm³/mol. The van der Waals surface area contributed by atoms with Gasteiger partial charge in [-0.2, -0.15) is 4.98 Å². The van der Waals surface area contributed by atoms with E-state index in [0.29, 0.717) is 11.3 Å². The molecule has 86 valence electrons. The average molecular weight is 219 g/mol. The molecule has 1 saturated heterocycles. The molecule has 2 heterocycles. The average Bonchev–Trinajstić information content (AvgIpc) is 3.07. The highest BCUT2D eigenvalue weighted by atomic mass is 16.5. The van der Waals surface area contributed by atoms with Crippen LogP contribution in [-0.2, 0) is 6.42 Å². The van der Waals surface area contributed by atoms with Crippen LogP contribution in [-0.4, -0.2) is 23.2 Å². The van der Waals surface area contributed by atoms with Gasteiger partial charge in [-0.1, -0.05) is 5.16 Å². The Hall–Kier alpha value is -0.900. The lowest BCUT2D eigenvalue weighted by Crippen LogP contribution is -2.10. The van der Waals surface area contributed by atoms with Crippen LogP contribution in [0.2, 0.25) is 0 Å². The molecule has 0 aromatic carbocycles. The van der Waals surface area contributed by atoms with Gasteiger partial charge in [0.15, 0.2) is 5.82 Å². The van der Waals surface area contributed by atoms with E-state index in [1.54, 1.807) is 0 Å². The number of hydrogen-bond acceptors (Lipinski definition) is 4. The van der Waals surface area contributed by atoms with Crippen LogP contribution in [0.1, 0.15) is 43.3 Å². The molecule has 4 nitrogen and oxygen atoms in total. The topological polar surface area (TPSA) is 51.0 Å². The van der Waals surface area contributed by atoms with Crippen LogP contribution in [0.3, 0.4) is 0 Å². The number of hydrogen-bond donors (Lipinski definition) is 1. The zero-order chi connectivity index (χ0) is 10.6. The van der Waals surface area contributed by atoms with Crippen LogP contribution in [0, 0.1) is 11.3 Å². The second kappa shape index (κ2) is 3.06. The first kappa shape index (κ1) is 9.16. The maximum atomic E-state index is 5.42. The SMILES string of the molecule is C1CC2(CN1)CC2c1nc(CC2CC2)no1. The fourth-order valence-corrected chi connectivity index (χ4v) is 3.00. The Bertz CT molecular complexity index is 404. The molecule has 2 atom stereocenters. The quantitative estimate of drug-likeness (QED) is 0.836. The van der Waals surface area contributed by atoms with E-state index in [1.165, 1.54) is 25.7 Å². The number of aromatic nitrogens is 2. The van der Waals surface area contributed by atoms with Crippen molar-refractivity contribution in [2.45, 2.75) is 38.0 Å². The molecule has 0 bridgehead atoms. The van der Waals surface area contributed by atoms with Crippen molar-refractivity contribution in [3.63, 3.8) is 0 Å². The van der Waals surface area contributed by atoms with Crippen LogP contribution in [0.25, 0.3) is 0 Å². The molecule has 1 aliphatic heterocycles. The van der Waals surface area contributed by atoms with Crippen molar-refractivity contribution >= 4 is 0 Å². The molecule has 16 heavy (non-hydrogen) atoms. The monoisotopic (exact) mass is 219 g/mol. The molecule has 0 radical (unpaired) electrons. The molecule has 1 aromatic rings. The minimum Gasteiger partial charge on any atom is -0.339 e. The Labute approximate surface area is 94.8 Å². The van der Waals surface area contributed by atoms with Crippen molar-refractivity contribution in [3.05, 3.63) is 11.7 Å². The lowest BCUT2D eigenvalue weighted by Gasteiger charge is -2.02. The number of nitrogens with zero attached hydrogens (tertiary/aromatic N) is 2. The van der Waals surface area contributed by atoms with E-state index < -0.39 is 0 Å². The third-order valence-electron chi connectivity index (χ3n) is 4.42. The third kappa shape index (κ3) is 1.39. The van der Waals surface area contributed by atoms with Crippen molar-refractivity contribution in [2.75, 3.05) is 13.1 Å². The molecule has 1 spiro atoms. The zero-order valence-electron chi connectivity index (χ0n) is 9.41. The van der Waals surface area contributed by atoms with E-state index in [2.05, 4.69) is 15.5 Å². The summed E-state index contributed by atoms with van der Waals surface area (Å²) in [5.74, 6) is 3.22. The van der Waals surface area contributed by atoms with Crippen molar-refractivity contribution in [3.8, 4) is 0 Å². The molecule has 1 aromatic heterocycles. The standard InChI is InChI=1S/C12H17N3O/c1-2-8(1)5-10-14-11(16-15-10)9-6-12(9)3-4-13-7-12/h8-9,13H,1-7H2. The maximum Gasteiger partial charge on any atom is 0.230 e. The Kier molecular flexibility index (Phi) is 1.76. The van der Waals surface area contributed by atoms with Gasteiger partial charge in [-0.15, -0.1) is 0 Å². The molecule has 0 amide bonds. The summed E-state index contributed by atoms with van der Waals surface area (Å²) in [6, 6.07) is 0. The van der Waals surface area contributed by atoms with Gasteiger partial charge in [0.05, 0.1) is 0 Å². The highest BCUT2D eigenvalue weighted by molar-refractivity contribution is 5.19. The Morgan fingerprint density at radius 2 is 2.38 bits per heavy atom. The lowest BCUT2D eigenvalue weighted by molar-refractivity contribution is 0.358. The lowest BCUT2D eigenvalue weighted by atomic mass is 10.0. The second-order valence-corrected chi connectivity index (χ2v) is 5.74. The third-order valence-corrected chi connectivity index (χ3v) is 4.42. The summed E-state index contributed by atoms with van der Waals surface area (Å²) in [5.41, 5.74) is 0.476. The van der Waals surface area contributed by atoms with Crippen molar-refractivity contribution in [1.29, 1.82) is 0 Å². The molecule has 4 heteroatoms. The first-order valence-electron chi connectivity index (χ1n) is 6.39. The van der Waals surface area contributed by atoms with E-state index in [4.69, 9.17) is 4.52 Å². The van der Waals surface area contributed by atoms with Crippen LogP contribution in [0.4, 0.5) is 0 Å². The van der Waals surface area contributed by atoms with Gasteiger partial charge in [0.25, 0.3) is 0 Å². The minimum atomic E-state index is 0.476. The summed E-state index contributed by atoms with van der Waals surface area (Å²) < 4.78 is 5.42. The first-order valence-corrected chi connectivity index (χ1v) is 6.39. The van der Waals surface area contributed by atoms with Gasteiger partial charge in [-0.05, 0) is 43.6 Å². The molecular weight excluding hydrogens is 202 g/mol. The zero-order valence-corrected chi connectivity index (χ0v) is 9.41. The smallest absolute Gasteiger partial charge is 0.230 e. The van der Waals surface area contributed by atoms with Gasteiger partial charge in [-0.25, -0.2) is 0 Å². The number of rotatable bonds is 3. The predicted octanol–water partition coefficient (Wildman–Crippen LogP) is 1.49. The summed E-state index contributed by atoms with van der Waals surface area (Å²) >= 11 is 0. The van der Waals surface area contributed by atoms with Crippen molar-refractivity contribution < 1.29 is 4.52 Å². The first-order chi connectivity index (χ1) is 7.86. The van der Waals surface area contributed by atoms with Crippen molar-refractivity contribution in [2.24, 2.45) is 11.3 Å². The fourth-order valence-electron chi connectivity index (χ4n) is 3.00. The van der Waals surface area contributed by atoms with Crippen LogP contribution in [0.5, 0.6) is 0 Å². The molecule has 2 aliphatic carbocycles. The molecule has 4 rings (SSSR count). The molecule has 3 aliphatic rings. The minimum absolute atomic E-state index is 0.476. The molecule has 3 fully saturated rings. The van der Waals surface area contributed by atoms with Gasteiger partial charge < -0.3 is 9.84 Å². The summed E-state index contributed by atoms with van der Waals surface area (Å²) in [7, 11) is 0. The largest absolute Gasteiger partial charge is 0.339 e. The molecule has 1 N–H and O–H groups in total. The normalized spacial score (nSPS) is 37.1. The van der Waals surface area contributed by atoms with Crippen molar-refractivity contribution in [1.82, 2.24) is 15.5 Å². The van der Waals surface area contributed by atoms with Crippen LogP contribution < -0.4 is 5.32 Å². The second-order valence-electron chi connectivity index (χ2n) is 5.74. The van der Waals surface area contributed by atoms with Gasteiger partial charge in [0.1, 0.15) is 0 Å². The summed E-state index contributed by atoms with van der Waals surface area (Å²) in [6.07, 6.45) is 6.24. The maximum absolute atomic E-state index is 5.42. The van der Waals surface area contributed by atoms with Crippen LogP contribution in [0.15, 0.2) is 4.52 Å². The Morgan fingerprint density at radius 3 is 3.12 bits per heavy atom. The van der Waals surface area contributed by atoms with E-state index in [0.717, 1.165) is 37.1 Å². The van der Waals surface area contributed by atoms with E-state index >= 15 is 0 Å². The molecule has 2 unspecified atom stereocenters. The Balaban J connectivity index is 1.49. The Morgan fingerprint density at radius 1 is 1.44 bits per heavy atom. The molecular formula is C12H17N3O. The van der Waals surface area contributed by atoms with E-state index in [1.807, 2.05) is 0 Å². The highest BCUT2D eigenvalue weighted by Gasteiger charge is 2.58. The summed E-state index contributed by atoms with van der Waals surface area (Å²) in [4.78, 5) is 4.57. The van der Waals surface area contributed by atoms with Crippen LogP contribution >= 0.6 is 0 Å². The van der Waals surface area contributed by atoms with E-state index in [-0.39, 0.29) is 0 Å².